The summed E-state index contributed by atoms with van der Waals surface area (Å²) in [5.41, 5.74) is 5.38. The molecule has 0 spiro atoms. The van der Waals surface area contributed by atoms with Crippen molar-refractivity contribution in [2.45, 2.75) is 49.6 Å². The predicted octanol–water partition coefficient (Wildman–Crippen LogP) is 2.64. The number of hydrogen-bond donors (Lipinski definition) is 1. The van der Waals surface area contributed by atoms with Gasteiger partial charge in [-0.25, -0.2) is 0 Å². The zero-order chi connectivity index (χ0) is 8.36. The van der Waals surface area contributed by atoms with Gasteiger partial charge in [0, 0.05) is 0 Å². The molecule has 0 aliphatic heterocycles. The van der Waals surface area contributed by atoms with E-state index in [0.29, 0.717) is 0 Å². The Balaban J connectivity index is 2.69. The average molecular weight is 250 g/mol. The molecular formula is C9H20AgN. The molecule has 0 radical (unpaired) electrons. The molecule has 0 aromatic rings. The Hall–Kier alpha value is 0.700. The molecule has 0 fully saturated rings. The van der Waals surface area contributed by atoms with Gasteiger partial charge in [-0.1, -0.05) is 0 Å². The van der Waals surface area contributed by atoms with E-state index in [1.165, 1.54) is 44.9 Å². The maximum absolute atomic E-state index is 5.38. The monoisotopic (exact) mass is 249 g/mol. The second kappa shape index (κ2) is 10.7. The standard InChI is InChI=1S/C9H20N.Ag/c1-2-3-4-5-6-7-8-9-10;/h1-10H2;. The molecule has 0 saturated carbocycles. The quantitative estimate of drug-likeness (QED) is 0.520. The topological polar surface area (TPSA) is 26.0 Å². The van der Waals surface area contributed by atoms with Crippen molar-refractivity contribution in [3.63, 3.8) is 0 Å². The van der Waals surface area contributed by atoms with Crippen LogP contribution in [0.2, 0.25) is 4.64 Å². The van der Waals surface area contributed by atoms with Crippen molar-refractivity contribution in [1.29, 1.82) is 0 Å². The van der Waals surface area contributed by atoms with Gasteiger partial charge < -0.3 is 0 Å². The van der Waals surface area contributed by atoms with Crippen LogP contribution in [0.25, 0.3) is 0 Å². The van der Waals surface area contributed by atoms with Gasteiger partial charge in [-0.05, 0) is 0 Å². The van der Waals surface area contributed by atoms with Crippen molar-refractivity contribution < 1.29 is 21.1 Å². The first-order valence-corrected chi connectivity index (χ1v) is 5.67. The van der Waals surface area contributed by atoms with Crippen LogP contribution >= 0.6 is 0 Å². The zero-order valence-corrected chi connectivity index (χ0v) is 8.73. The summed E-state index contributed by atoms with van der Waals surface area (Å²) < 4.78 is 1.16. The van der Waals surface area contributed by atoms with Crippen LogP contribution < -0.4 is 5.73 Å². The van der Waals surface area contributed by atoms with Crippen molar-refractivity contribution in [1.82, 2.24) is 0 Å². The summed E-state index contributed by atoms with van der Waals surface area (Å²) in [5, 5.41) is 0. The van der Waals surface area contributed by atoms with Crippen LogP contribution in [0.5, 0.6) is 0 Å². The molecule has 0 atom stereocenters. The summed E-state index contributed by atoms with van der Waals surface area (Å²) in [6, 6.07) is 0. The fourth-order valence-electron chi connectivity index (χ4n) is 1.10. The molecule has 11 heavy (non-hydrogen) atoms. The van der Waals surface area contributed by atoms with Crippen LogP contribution in [0.15, 0.2) is 0 Å². The van der Waals surface area contributed by atoms with Gasteiger partial charge >= 0.3 is 82.9 Å². The molecule has 0 aliphatic rings. The molecule has 1 nitrogen and oxygen atoms in total. The van der Waals surface area contributed by atoms with Crippen LogP contribution in [0, 0.1) is 0 Å². The number of rotatable bonds is 8. The van der Waals surface area contributed by atoms with Crippen LogP contribution in [0.1, 0.15) is 44.9 Å². The van der Waals surface area contributed by atoms with Crippen molar-refractivity contribution in [2.24, 2.45) is 5.73 Å². The molecule has 72 valence electrons. The van der Waals surface area contributed by atoms with E-state index in [9.17, 15) is 0 Å². The van der Waals surface area contributed by atoms with Crippen LogP contribution in [-0.2, 0) is 21.1 Å². The molecule has 0 aromatic heterocycles. The van der Waals surface area contributed by atoms with Crippen LogP contribution in [0.4, 0.5) is 0 Å². The minimum atomic E-state index is 0.862. The van der Waals surface area contributed by atoms with Crippen molar-refractivity contribution in [3.05, 3.63) is 0 Å². The third kappa shape index (κ3) is 10.7. The van der Waals surface area contributed by atoms with E-state index >= 15 is 0 Å². The van der Waals surface area contributed by atoms with E-state index in [2.05, 4.69) is 21.1 Å². The van der Waals surface area contributed by atoms with E-state index < -0.39 is 0 Å². The summed E-state index contributed by atoms with van der Waals surface area (Å²) in [5.74, 6) is 0. The summed E-state index contributed by atoms with van der Waals surface area (Å²) >= 11 is 3.44. The number of unbranched alkanes of at least 4 members (excludes halogenated alkanes) is 6. The van der Waals surface area contributed by atoms with Crippen molar-refractivity contribution in [3.8, 4) is 0 Å². The van der Waals surface area contributed by atoms with E-state index in [-0.39, 0.29) is 0 Å². The Morgan fingerprint density at radius 1 is 0.727 bits per heavy atom. The molecule has 0 aliphatic carbocycles. The Kier molecular flexibility index (Phi) is 11.4. The van der Waals surface area contributed by atoms with Gasteiger partial charge in [0.15, 0.2) is 0 Å². The molecule has 0 aromatic carbocycles. The first-order valence-electron chi connectivity index (χ1n) is 4.62. The van der Waals surface area contributed by atoms with Crippen LogP contribution in [-0.4, -0.2) is 6.54 Å². The Morgan fingerprint density at radius 2 is 1.18 bits per heavy atom. The first kappa shape index (κ1) is 11.7. The predicted molar refractivity (Wildman–Crippen MR) is 46.2 cm³/mol. The maximum atomic E-state index is 5.38. The van der Waals surface area contributed by atoms with Gasteiger partial charge in [0.1, 0.15) is 0 Å². The summed E-state index contributed by atoms with van der Waals surface area (Å²) in [4.78, 5) is 0. The van der Waals surface area contributed by atoms with Crippen molar-refractivity contribution in [2.75, 3.05) is 6.54 Å². The Morgan fingerprint density at radius 3 is 1.64 bits per heavy atom. The van der Waals surface area contributed by atoms with E-state index in [1.54, 1.807) is 0 Å². The molecule has 0 rings (SSSR count). The second-order valence-electron chi connectivity index (χ2n) is 2.91. The van der Waals surface area contributed by atoms with Crippen LogP contribution in [0.3, 0.4) is 0 Å². The van der Waals surface area contributed by atoms with Crippen molar-refractivity contribution >= 4 is 0 Å². The van der Waals surface area contributed by atoms with Gasteiger partial charge in [0.05, 0.1) is 0 Å². The van der Waals surface area contributed by atoms with E-state index in [4.69, 9.17) is 5.73 Å². The first-order chi connectivity index (χ1) is 5.41. The van der Waals surface area contributed by atoms with Gasteiger partial charge in [0.25, 0.3) is 0 Å². The number of nitrogens with two attached hydrogens (primary N) is 1. The third-order valence-corrected chi connectivity index (χ3v) is 2.33. The van der Waals surface area contributed by atoms with Gasteiger partial charge in [-0.3, -0.25) is 0 Å². The SMILES string of the molecule is NCCCCCCCC[CH2][Ag]. The Labute approximate surface area is 83.0 Å². The van der Waals surface area contributed by atoms with E-state index in [1.807, 2.05) is 0 Å². The van der Waals surface area contributed by atoms with E-state index in [0.717, 1.165) is 11.2 Å². The number of hydrogen-bond acceptors (Lipinski definition) is 1. The fourth-order valence-corrected chi connectivity index (χ4v) is 1.47. The molecular weight excluding hydrogens is 230 g/mol. The minimum absolute atomic E-state index is 0.862. The fraction of sp³-hybridized carbons (Fsp3) is 1.00. The summed E-state index contributed by atoms with van der Waals surface area (Å²) in [7, 11) is 0. The molecule has 0 amide bonds. The molecule has 2 heteroatoms. The molecule has 0 saturated heterocycles. The van der Waals surface area contributed by atoms with Gasteiger partial charge in [-0.15, -0.1) is 0 Å². The average Bonchev–Trinajstić information content (AvgIpc) is 2.03. The summed E-state index contributed by atoms with van der Waals surface area (Å²) in [6.07, 6.45) is 9.41. The molecule has 0 bridgehead atoms. The van der Waals surface area contributed by atoms with Gasteiger partial charge in [0.2, 0.25) is 0 Å². The molecule has 2 N–H and O–H groups in total. The zero-order valence-electron chi connectivity index (χ0n) is 7.24. The third-order valence-electron chi connectivity index (χ3n) is 1.81. The second-order valence-corrected chi connectivity index (χ2v) is 3.66. The normalized spacial score (nSPS) is 10.5. The summed E-state index contributed by atoms with van der Waals surface area (Å²) in [6.45, 7) is 0.862. The molecule has 0 unspecified atom stereocenters. The molecule has 0 heterocycles. The van der Waals surface area contributed by atoms with Gasteiger partial charge in [-0.2, -0.15) is 0 Å². The Bertz CT molecular complexity index is 58.6.